The van der Waals surface area contributed by atoms with Crippen molar-refractivity contribution in [2.24, 2.45) is 0 Å². The number of aromatic amines is 1. The lowest BCUT2D eigenvalue weighted by Gasteiger charge is -2.02. The van der Waals surface area contributed by atoms with Gasteiger partial charge in [0.1, 0.15) is 6.61 Å². The minimum absolute atomic E-state index is 0.153. The van der Waals surface area contributed by atoms with Gasteiger partial charge in [-0.3, -0.25) is 0 Å². The molecule has 0 aliphatic heterocycles. The van der Waals surface area contributed by atoms with Gasteiger partial charge in [0.2, 0.25) is 0 Å². The zero-order valence-corrected chi connectivity index (χ0v) is 8.96. The third kappa shape index (κ3) is 1.76. The lowest BCUT2D eigenvalue weighted by atomic mass is 10.1. The predicted octanol–water partition coefficient (Wildman–Crippen LogP) is 1.51. The number of aliphatic hydroxyl groups excluding tert-OH is 1. The SMILES string of the molecule is OCc1nccc(-c2ccc3nc[nH]c3c2)n1. The van der Waals surface area contributed by atoms with E-state index < -0.39 is 0 Å². The minimum atomic E-state index is -0.153. The van der Waals surface area contributed by atoms with E-state index in [-0.39, 0.29) is 6.61 Å². The molecule has 0 radical (unpaired) electrons. The van der Waals surface area contributed by atoms with Crippen molar-refractivity contribution in [3.05, 3.63) is 42.6 Å². The van der Waals surface area contributed by atoms with Crippen molar-refractivity contribution in [1.29, 1.82) is 0 Å². The third-order valence-corrected chi connectivity index (χ3v) is 2.56. The fourth-order valence-electron chi connectivity index (χ4n) is 1.73. The molecule has 0 saturated heterocycles. The highest BCUT2D eigenvalue weighted by Crippen LogP contribution is 2.20. The van der Waals surface area contributed by atoms with E-state index in [4.69, 9.17) is 5.11 Å². The Kier molecular flexibility index (Phi) is 2.31. The summed E-state index contributed by atoms with van der Waals surface area (Å²) < 4.78 is 0. The minimum Gasteiger partial charge on any atom is -0.388 e. The number of rotatable bonds is 2. The van der Waals surface area contributed by atoms with Gasteiger partial charge in [-0.25, -0.2) is 15.0 Å². The Balaban J connectivity index is 2.12. The third-order valence-electron chi connectivity index (χ3n) is 2.56. The quantitative estimate of drug-likeness (QED) is 0.694. The number of fused-ring (bicyclic) bond motifs is 1. The normalized spacial score (nSPS) is 10.9. The van der Waals surface area contributed by atoms with E-state index in [1.807, 2.05) is 24.3 Å². The Morgan fingerprint density at radius 3 is 3.00 bits per heavy atom. The van der Waals surface area contributed by atoms with Crippen molar-refractivity contribution >= 4 is 11.0 Å². The molecular formula is C12H10N4O. The van der Waals surface area contributed by atoms with Gasteiger partial charge in [0.25, 0.3) is 0 Å². The van der Waals surface area contributed by atoms with E-state index in [0.717, 1.165) is 22.3 Å². The standard InChI is InChI=1S/C12H10N4O/c17-6-12-13-4-3-9(16-12)8-1-2-10-11(5-8)15-7-14-10/h1-5,7,17H,6H2,(H,14,15). The van der Waals surface area contributed by atoms with Crippen LogP contribution in [0.2, 0.25) is 0 Å². The number of nitrogens with zero attached hydrogens (tertiary/aromatic N) is 3. The summed E-state index contributed by atoms with van der Waals surface area (Å²) in [5.41, 5.74) is 3.65. The second-order valence-corrected chi connectivity index (χ2v) is 3.65. The molecule has 0 aliphatic carbocycles. The molecule has 3 rings (SSSR count). The number of aliphatic hydroxyl groups is 1. The Labute approximate surface area is 97.2 Å². The van der Waals surface area contributed by atoms with Crippen molar-refractivity contribution in [2.75, 3.05) is 0 Å². The van der Waals surface area contributed by atoms with E-state index in [1.54, 1.807) is 12.5 Å². The number of imidazole rings is 1. The van der Waals surface area contributed by atoms with Crippen molar-refractivity contribution < 1.29 is 5.11 Å². The first-order valence-electron chi connectivity index (χ1n) is 5.23. The Bertz CT molecular complexity index is 662. The topological polar surface area (TPSA) is 74.7 Å². The molecule has 2 aromatic heterocycles. The average Bonchev–Trinajstić information content (AvgIpc) is 2.86. The second kappa shape index (κ2) is 3.95. The molecule has 17 heavy (non-hydrogen) atoms. The zero-order chi connectivity index (χ0) is 11.7. The molecule has 5 heteroatoms. The first kappa shape index (κ1) is 9.92. The summed E-state index contributed by atoms with van der Waals surface area (Å²) in [6.45, 7) is -0.153. The molecule has 0 bridgehead atoms. The molecule has 5 nitrogen and oxygen atoms in total. The molecule has 0 unspecified atom stereocenters. The molecular weight excluding hydrogens is 216 g/mol. The van der Waals surface area contributed by atoms with Crippen LogP contribution in [0.5, 0.6) is 0 Å². The Hall–Kier alpha value is -2.27. The van der Waals surface area contributed by atoms with Crippen LogP contribution >= 0.6 is 0 Å². The fraction of sp³-hybridized carbons (Fsp3) is 0.0833. The van der Waals surface area contributed by atoms with Gasteiger partial charge in [-0.05, 0) is 18.2 Å². The van der Waals surface area contributed by atoms with E-state index >= 15 is 0 Å². The highest BCUT2D eigenvalue weighted by Gasteiger charge is 2.03. The summed E-state index contributed by atoms with van der Waals surface area (Å²) in [5.74, 6) is 0.423. The summed E-state index contributed by atoms with van der Waals surface area (Å²) in [5, 5.41) is 9.01. The summed E-state index contributed by atoms with van der Waals surface area (Å²) in [4.78, 5) is 15.4. The monoisotopic (exact) mass is 226 g/mol. The summed E-state index contributed by atoms with van der Waals surface area (Å²) >= 11 is 0. The predicted molar refractivity (Wildman–Crippen MR) is 63.0 cm³/mol. The number of H-pyrrole nitrogens is 1. The number of nitrogens with one attached hydrogen (secondary N) is 1. The van der Waals surface area contributed by atoms with Crippen molar-refractivity contribution in [2.45, 2.75) is 6.61 Å². The molecule has 2 heterocycles. The first-order chi connectivity index (χ1) is 8.36. The molecule has 2 N–H and O–H groups in total. The molecule has 0 saturated carbocycles. The molecule has 0 spiro atoms. The highest BCUT2D eigenvalue weighted by molar-refractivity contribution is 5.80. The molecule has 0 aliphatic rings. The van der Waals surface area contributed by atoms with E-state index in [2.05, 4.69) is 19.9 Å². The fourth-order valence-corrected chi connectivity index (χ4v) is 1.73. The summed E-state index contributed by atoms with van der Waals surface area (Å²) in [6.07, 6.45) is 3.30. The smallest absolute Gasteiger partial charge is 0.154 e. The van der Waals surface area contributed by atoms with Crippen LogP contribution < -0.4 is 0 Å². The van der Waals surface area contributed by atoms with Crippen LogP contribution in [0.1, 0.15) is 5.82 Å². The second-order valence-electron chi connectivity index (χ2n) is 3.65. The van der Waals surface area contributed by atoms with Gasteiger partial charge in [0.05, 0.1) is 23.1 Å². The van der Waals surface area contributed by atoms with Crippen LogP contribution in [0.25, 0.3) is 22.3 Å². The van der Waals surface area contributed by atoms with E-state index in [0.29, 0.717) is 5.82 Å². The van der Waals surface area contributed by atoms with Gasteiger partial charge in [0.15, 0.2) is 5.82 Å². The molecule has 3 aromatic rings. The van der Waals surface area contributed by atoms with Crippen LogP contribution in [0.3, 0.4) is 0 Å². The molecule has 84 valence electrons. The molecule has 0 atom stereocenters. The highest BCUT2D eigenvalue weighted by atomic mass is 16.3. The van der Waals surface area contributed by atoms with Crippen molar-refractivity contribution in [1.82, 2.24) is 19.9 Å². The van der Waals surface area contributed by atoms with Crippen LogP contribution in [-0.4, -0.2) is 25.0 Å². The van der Waals surface area contributed by atoms with E-state index in [1.165, 1.54) is 0 Å². The van der Waals surface area contributed by atoms with Crippen LogP contribution in [0, 0.1) is 0 Å². The van der Waals surface area contributed by atoms with Crippen LogP contribution in [0.4, 0.5) is 0 Å². The van der Waals surface area contributed by atoms with Gasteiger partial charge >= 0.3 is 0 Å². The molecule has 0 fully saturated rings. The number of benzene rings is 1. The Morgan fingerprint density at radius 2 is 2.12 bits per heavy atom. The van der Waals surface area contributed by atoms with Crippen molar-refractivity contribution in [3.8, 4) is 11.3 Å². The largest absolute Gasteiger partial charge is 0.388 e. The maximum atomic E-state index is 9.01. The Morgan fingerprint density at radius 1 is 1.18 bits per heavy atom. The van der Waals surface area contributed by atoms with Gasteiger partial charge in [-0.1, -0.05) is 6.07 Å². The van der Waals surface area contributed by atoms with Gasteiger partial charge in [-0.2, -0.15) is 0 Å². The summed E-state index contributed by atoms with van der Waals surface area (Å²) in [7, 11) is 0. The van der Waals surface area contributed by atoms with Gasteiger partial charge < -0.3 is 10.1 Å². The molecule has 0 amide bonds. The lowest BCUT2D eigenvalue weighted by molar-refractivity contribution is 0.271. The van der Waals surface area contributed by atoms with Gasteiger partial charge in [0, 0.05) is 11.8 Å². The average molecular weight is 226 g/mol. The zero-order valence-electron chi connectivity index (χ0n) is 8.96. The molecule has 1 aromatic carbocycles. The first-order valence-corrected chi connectivity index (χ1v) is 5.23. The van der Waals surface area contributed by atoms with Crippen LogP contribution in [-0.2, 0) is 6.61 Å². The van der Waals surface area contributed by atoms with Crippen LogP contribution in [0.15, 0.2) is 36.8 Å². The number of hydrogen-bond donors (Lipinski definition) is 2. The van der Waals surface area contributed by atoms with E-state index in [9.17, 15) is 0 Å². The van der Waals surface area contributed by atoms with Gasteiger partial charge in [-0.15, -0.1) is 0 Å². The number of hydrogen-bond acceptors (Lipinski definition) is 4. The number of aromatic nitrogens is 4. The summed E-state index contributed by atoms with van der Waals surface area (Å²) in [6, 6.07) is 7.68. The maximum Gasteiger partial charge on any atom is 0.154 e. The van der Waals surface area contributed by atoms with Crippen molar-refractivity contribution in [3.63, 3.8) is 0 Å². The lowest BCUT2D eigenvalue weighted by Crippen LogP contribution is -1.95. The maximum absolute atomic E-state index is 9.01.